The number of fused-ring (bicyclic) bond motifs is 1. The van der Waals surface area contributed by atoms with Crippen LogP contribution >= 0.6 is 15.9 Å². The van der Waals surface area contributed by atoms with Gasteiger partial charge in [-0.2, -0.15) is 5.10 Å². The summed E-state index contributed by atoms with van der Waals surface area (Å²) < 4.78 is 8.76. The second-order valence-corrected chi connectivity index (χ2v) is 4.71. The summed E-state index contributed by atoms with van der Waals surface area (Å²) in [5.41, 5.74) is 1.24. The van der Waals surface area contributed by atoms with Crippen LogP contribution in [-0.4, -0.2) is 15.9 Å². The van der Waals surface area contributed by atoms with Gasteiger partial charge in [0.15, 0.2) is 0 Å². The molecule has 70 valence electrons. The highest BCUT2D eigenvalue weighted by Crippen LogP contribution is 2.58. The van der Waals surface area contributed by atoms with E-state index in [1.807, 2.05) is 17.9 Å². The monoisotopic (exact) mass is 242 g/mol. The molecule has 1 saturated heterocycles. The molecule has 0 radical (unpaired) electrons. The summed E-state index contributed by atoms with van der Waals surface area (Å²) in [6, 6.07) is 0. The van der Waals surface area contributed by atoms with Crippen molar-refractivity contribution in [3.05, 3.63) is 16.4 Å². The van der Waals surface area contributed by atoms with Crippen molar-refractivity contribution in [2.45, 2.75) is 31.0 Å². The molecular formula is C9H11BrN2O. The molecule has 0 amide bonds. The Labute approximate surface area is 85.2 Å². The maximum absolute atomic E-state index is 5.76. The van der Waals surface area contributed by atoms with Crippen LogP contribution in [0.2, 0.25) is 0 Å². The lowest BCUT2D eigenvalue weighted by Crippen LogP contribution is -2.13. The molecule has 0 spiro atoms. The quantitative estimate of drug-likeness (QED) is 0.706. The van der Waals surface area contributed by atoms with Gasteiger partial charge < -0.3 is 4.74 Å². The van der Waals surface area contributed by atoms with Crippen molar-refractivity contribution in [1.82, 2.24) is 9.78 Å². The summed E-state index contributed by atoms with van der Waals surface area (Å²) >= 11 is 3.53. The van der Waals surface area contributed by atoms with E-state index in [1.165, 1.54) is 18.5 Å². The number of hydrogen-bond acceptors (Lipinski definition) is 2. The molecule has 2 aliphatic rings. The van der Waals surface area contributed by atoms with Crippen LogP contribution in [0.25, 0.3) is 0 Å². The largest absolute Gasteiger partial charge is 0.359 e. The van der Waals surface area contributed by atoms with Gasteiger partial charge in [0.1, 0.15) is 5.60 Å². The second-order valence-electron chi connectivity index (χ2n) is 3.85. The number of ether oxygens (including phenoxy) is 1. The van der Waals surface area contributed by atoms with Crippen LogP contribution in [0.3, 0.4) is 0 Å². The molecule has 0 N–H and O–H groups in total. The summed E-state index contributed by atoms with van der Waals surface area (Å²) in [5.74, 6) is 0. The Morgan fingerprint density at radius 1 is 1.77 bits per heavy atom. The summed E-state index contributed by atoms with van der Waals surface area (Å²) in [4.78, 5) is 0. The van der Waals surface area contributed by atoms with Crippen molar-refractivity contribution in [2.24, 2.45) is 7.05 Å². The summed E-state index contributed by atoms with van der Waals surface area (Å²) in [6.45, 7) is 0. The van der Waals surface area contributed by atoms with Crippen LogP contribution in [0.5, 0.6) is 0 Å². The Morgan fingerprint density at radius 3 is 3.08 bits per heavy atom. The van der Waals surface area contributed by atoms with E-state index < -0.39 is 0 Å². The highest BCUT2D eigenvalue weighted by Gasteiger charge is 2.62. The SMILES string of the molecule is Cn1ncc(Br)c1C12CCCC1O2. The number of hydrogen-bond donors (Lipinski definition) is 0. The molecule has 3 rings (SSSR count). The Balaban J connectivity index is 2.09. The topological polar surface area (TPSA) is 30.4 Å². The molecule has 4 heteroatoms. The minimum Gasteiger partial charge on any atom is -0.359 e. The van der Waals surface area contributed by atoms with Crippen LogP contribution in [-0.2, 0) is 17.4 Å². The van der Waals surface area contributed by atoms with E-state index in [9.17, 15) is 0 Å². The molecule has 0 aromatic carbocycles. The lowest BCUT2D eigenvalue weighted by molar-refractivity contribution is 0.244. The highest BCUT2D eigenvalue weighted by molar-refractivity contribution is 9.10. The number of rotatable bonds is 1. The van der Waals surface area contributed by atoms with Crippen molar-refractivity contribution in [3.8, 4) is 0 Å². The standard InChI is InChI=1S/C9H11BrN2O/c1-12-8(6(10)5-11-12)9-4-2-3-7(9)13-9/h5,7H,2-4H2,1H3. The van der Waals surface area contributed by atoms with Crippen LogP contribution in [0, 0.1) is 0 Å². The van der Waals surface area contributed by atoms with Gasteiger partial charge in [0.05, 0.1) is 22.5 Å². The zero-order chi connectivity index (χ0) is 9.05. The van der Waals surface area contributed by atoms with E-state index in [0.29, 0.717) is 6.10 Å². The van der Waals surface area contributed by atoms with Gasteiger partial charge in [0, 0.05) is 7.05 Å². The fourth-order valence-electron chi connectivity index (χ4n) is 2.50. The number of aryl methyl sites for hydroxylation is 1. The first-order valence-electron chi connectivity index (χ1n) is 4.60. The minimum atomic E-state index is 0.0179. The Hall–Kier alpha value is -0.350. The molecule has 0 bridgehead atoms. The first-order chi connectivity index (χ1) is 6.24. The molecule has 2 fully saturated rings. The van der Waals surface area contributed by atoms with Crippen molar-refractivity contribution in [1.29, 1.82) is 0 Å². The van der Waals surface area contributed by atoms with Gasteiger partial charge in [-0.05, 0) is 35.2 Å². The van der Waals surface area contributed by atoms with Crippen molar-refractivity contribution >= 4 is 15.9 Å². The smallest absolute Gasteiger partial charge is 0.137 e. The van der Waals surface area contributed by atoms with Gasteiger partial charge >= 0.3 is 0 Å². The number of aromatic nitrogens is 2. The third-order valence-electron chi connectivity index (χ3n) is 3.12. The van der Waals surface area contributed by atoms with Crippen LogP contribution in [0.1, 0.15) is 25.0 Å². The predicted octanol–water partition coefficient (Wildman–Crippen LogP) is 1.96. The molecule has 2 unspecified atom stereocenters. The fraction of sp³-hybridized carbons (Fsp3) is 0.667. The molecule has 1 aliphatic heterocycles. The first kappa shape index (κ1) is 8.00. The zero-order valence-corrected chi connectivity index (χ0v) is 9.04. The van der Waals surface area contributed by atoms with Gasteiger partial charge in [0.2, 0.25) is 0 Å². The van der Waals surface area contributed by atoms with E-state index in [2.05, 4.69) is 21.0 Å². The normalized spacial score (nSPS) is 36.3. The van der Waals surface area contributed by atoms with Gasteiger partial charge in [-0.3, -0.25) is 4.68 Å². The van der Waals surface area contributed by atoms with E-state index in [-0.39, 0.29) is 5.60 Å². The van der Waals surface area contributed by atoms with Crippen LogP contribution in [0.4, 0.5) is 0 Å². The summed E-state index contributed by atoms with van der Waals surface area (Å²) in [5, 5.41) is 4.22. The van der Waals surface area contributed by atoms with E-state index in [1.54, 1.807) is 0 Å². The maximum Gasteiger partial charge on any atom is 0.137 e. The minimum absolute atomic E-state index is 0.0179. The van der Waals surface area contributed by atoms with E-state index in [0.717, 1.165) is 10.9 Å². The van der Waals surface area contributed by atoms with Gasteiger partial charge in [-0.25, -0.2) is 0 Å². The number of halogens is 1. The average molecular weight is 243 g/mol. The molecule has 1 saturated carbocycles. The van der Waals surface area contributed by atoms with E-state index in [4.69, 9.17) is 4.74 Å². The molecule has 2 heterocycles. The Morgan fingerprint density at radius 2 is 2.62 bits per heavy atom. The van der Waals surface area contributed by atoms with Crippen LogP contribution in [0.15, 0.2) is 10.7 Å². The fourth-order valence-corrected chi connectivity index (χ4v) is 3.18. The third-order valence-corrected chi connectivity index (χ3v) is 3.71. The molecular weight excluding hydrogens is 232 g/mol. The lowest BCUT2D eigenvalue weighted by Gasteiger charge is -2.09. The van der Waals surface area contributed by atoms with Crippen molar-refractivity contribution in [3.63, 3.8) is 0 Å². The molecule has 13 heavy (non-hydrogen) atoms. The molecule has 1 aliphatic carbocycles. The number of epoxide rings is 1. The predicted molar refractivity (Wildman–Crippen MR) is 51.3 cm³/mol. The third kappa shape index (κ3) is 0.904. The Kier molecular flexibility index (Phi) is 1.45. The molecule has 1 aromatic rings. The van der Waals surface area contributed by atoms with Crippen molar-refractivity contribution < 1.29 is 4.74 Å². The molecule has 3 nitrogen and oxygen atoms in total. The number of nitrogens with zero attached hydrogens (tertiary/aromatic N) is 2. The van der Waals surface area contributed by atoms with Gasteiger partial charge in [-0.15, -0.1) is 0 Å². The van der Waals surface area contributed by atoms with Gasteiger partial charge in [0.25, 0.3) is 0 Å². The lowest BCUT2D eigenvalue weighted by atomic mass is 10.0. The molecule has 2 atom stereocenters. The van der Waals surface area contributed by atoms with Crippen molar-refractivity contribution in [2.75, 3.05) is 0 Å². The summed E-state index contributed by atoms with van der Waals surface area (Å²) in [6.07, 6.45) is 5.94. The average Bonchev–Trinajstić information content (AvgIpc) is 2.48. The maximum atomic E-state index is 5.76. The summed E-state index contributed by atoms with van der Waals surface area (Å²) in [7, 11) is 1.98. The zero-order valence-electron chi connectivity index (χ0n) is 7.46. The van der Waals surface area contributed by atoms with Crippen LogP contribution < -0.4 is 0 Å². The highest BCUT2D eigenvalue weighted by atomic mass is 79.9. The van der Waals surface area contributed by atoms with Gasteiger partial charge in [-0.1, -0.05) is 0 Å². The Bertz CT molecular complexity index is 343. The second kappa shape index (κ2) is 2.36. The van der Waals surface area contributed by atoms with E-state index >= 15 is 0 Å². The first-order valence-corrected chi connectivity index (χ1v) is 5.39. The molecule has 1 aromatic heterocycles.